The maximum atomic E-state index is 5.29. The van der Waals surface area contributed by atoms with E-state index >= 15 is 0 Å². The Hall–Kier alpha value is 0.266. The first kappa shape index (κ1) is 7.27. The Labute approximate surface area is 62.4 Å². The van der Waals surface area contributed by atoms with E-state index in [9.17, 15) is 0 Å². The van der Waals surface area contributed by atoms with Crippen molar-refractivity contribution in [1.82, 2.24) is 9.97 Å². The second kappa shape index (κ2) is 3.29. The highest BCUT2D eigenvalue weighted by atomic mass is 35.5. The minimum absolute atomic E-state index is 0. The second-order valence-electron chi connectivity index (χ2n) is 0.880. The highest BCUT2D eigenvalue weighted by molar-refractivity contribution is 6.28. The summed E-state index contributed by atoms with van der Waals surface area (Å²) in [6, 6.07) is 0. The lowest BCUT2D eigenvalue weighted by Gasteiger charge is -1.64. The van der Waals surface area contributed by atoms with Crippen LogP contribution in [0.3, 0.4) is 0 Å². The number of halogens is 1. The zero-order chi connectivity index (χ0) is 4.41. The Morgan fingerprint density at radius 1 is 1.71 bits per heavy atom. The van der Waals surface area contributed by atoms with E-state index in [1.807, 2.05) is 0 Å². The number of hydrogen-bond acceptors (Lipinski definition) is 1. The third-order valence-electron chi connectivity index (χ3n) is 0.465. The molecule has 4 heteroatoms. The molecular formula is C3H5ClMgN2. The Balaban J connectivity index is 0.000000360. The largest absolute Gasteiger partial charge is 0.335 e. The lowest BCUT2D eigenvalue weighted by atomic mass is 11.0. The average molecular weight is 129 g/mol. The quantitative estimate of drug-likeness (QED) is 0.496. The van der Waals surface area contributed by atoms with E-state index in [2.05, 4.69) is 9.97 Å². The normalized spacial score (nSPS) is 7.57. The van der Waals surface area contributed by atoms with Gasteiger partial charge < -0.3 is 4.98 Å². The number of aromatic nitrogens is 2. The molecule has 0 unspecified atom stereocenters. The monoisotopic (exact) mass is 128 g/mol. The van der Waals surface area contributed by atoms with E-state index in [-0.39, 0.29) is 23.1 Å². The van der Waals surface area contributed by atoms with Gasteiger partial charge in [-0.3, -0.25) is 0 Å². The average Bonchev–Trinajstić information content (AvgIpc) is 1.86. The van der Waals surface area contributed by atoms with Gasteiger partial charge in [0.15, 0.2) is 5.28 Å². The van der Waals surface area contributed by atoms with Gasteiger partial charge in [-0.15, -0.1) is 0 Å². The molecule has 2 nitrogen and oxygen atoms in total. The molecule has 0 aromatic carbocycles. The molecule has 0 aliphatic carbocycles. The summed E-state index contributed by atoms with van der Waals surface area (Å²) in [6.07, 6.45) is 3.27. The molecule has 0 fully saturated rings. The first-order chi connectivity index (χ1) is 2.89. The smallest absolute Gasteiger partial charge is 0.316 e. The molecule has 0 saturated heterocycles. The second-order valence-corrected chi connectivity index (χ2v) is 1.24. The molecule has 0 aliphatic rings. The minimum atomic E-state index is 0. The minimum Gasteiger partial charge on any atom is -0.335 e. The molecule has 1 rings (SSSR count). The van der Waals surface area contributed by atoms with Crippen LogP contribution in [0.1, 0.15) is 0 Å². The fraction of sp³-hybridized carbons (Fsp3) is 0. The van der Waals surface area contributed by atoms with Gasteiger partial charge in [0.2, 0.25) is 0 Å². The number of hydrogen-bond donors (Lipinski definition) is 1. The fourth-order valence-corrected chi connectivity index (χ4v) is 0.365. The molecule has 0 bridgehead atoms. The summed E-state index contributed by atoms with van der Waals surface area (Å²) in [5.74, 6) is 0. The van der Waals surface area contributed by atoms with Crippen molar-refractivity contribution in [3.8, 4) is 0 Å². The fourth-order valence-electron chi connectivity index (χ4n) is 0.246. The van der Waals surface area contributed by atoms with Crippen LogP contribution in [-0.4, -0.2) is 33.0 Å². The maximum absolute atomic E-state index is 5.29. The summed E-state index contributed by atoms with van der Waals surface area (Å²) in [7, 11) is 0. The van der Waals surface area contributed by atoms with Crippen molar-refractivity contribution < 1.29 is 0 Å². The van der Waals surface area contributed by atoms with Crippen molar-refractivity contribution >= 4 is 34.7 Å². The summed E-state index contributed by atoms with van der Waals surface area (Å²) in [4.78, 5) is 6.28. The lowest BCUT2D eigenvalue weighted by molar-refractivity contribution is 1.31. The number of aromatic amines is 1. The van der Waals surface area contributed by atoms with E-state index in [0.29, 0.717) is 5.28 Å². The summed E-state index contributed by atoms with van der Waals surface area (Å²) in [5, 5.41) is 0.440. The van der Waals surface area contributed by atoms with Crippen molar-refractivity contribution in [2.75, 3.05) is 0 Å². The SMILES string of the molecule is Clc1ncc[nH]1.[MgH2]. The van der Waals surface area contributed by atoms with Gasteiger partial charge in [-0.25, -0.2) is 4.98 Å². The zero-order valence-corrected chi connectivity index (χ0v) is 3.74. The van der Waals surface area contributed by atoms with Crippen molar-refractivity contribution in [2.45, 2.75) is 0 Å². The zero-order valence-electron chi connectivity index (χ0n) is 2.98. The molecule has 0 saturated carbocycles. The third kappa shape index (κ3) is 2.16. The number of nitrogens with one attached hydrogen (secondary N) is 1. The predicted molar refractivity (Wildman–Crippen MR) is 32.1 cm³/mol. The van der Waals surface area contributed by atoms with E-state index in [1.54, 1.807) is 12.4 Å². The van der Waals surface area contributed by atoms with Gasteiger partial charge in [0.25, 0.3) is 0 Å². The van der Waals surface area contributed by atoms with Crippen LogP contribution in [0, 0.1) is 0 Å². The van der Waals surface area contributed by atoms with Gasteiger partial charge in [-0.1, -0.05) is 0 Å². The molecule has 1 aromatic rings. The van der Waals surface area contributed by atoms with Gasteiger partial charge in [0.05, 0.1) is 0 Å². The Morgan fingerprint density at radius 2 is 2.43 bits per heavy atom. The molecule has 0 radical (unpaired) electrons. The van der Waals surface area contributed by atoms with Crippen molar-refractivity contribution in [2.24, 2.45) is 0 Å². The highest BCUT2D eigenvalue weighted by Crippen LogP contribution is 1.92. The van der Waals surface area contributed by atoms with Gasteiger partial charge >= 0.3 is 23.1 Å². The van der Waals surface area contributed by atoms with E-state index < -0.39 is 0 Å². The molecule has 0 aliphatic heterocycles. The summed E-state index contributed by atoms with van der Waals surface area (Å²) >= 11 is 5.29. The first-order valence-corrected chi connectivity index (χ1v) is 1.92. The van der Waals surface area contributed by atoms with E-state index in [1.165, 1.54) is 0 Å². The van der Waals surface area contributed by atoms with Crippen LogP contribution < -0.4 is 0 Å². The molecule has 1 N–H and O–H groups in total. The highest BCUT2D eigenvalue weighted by Gasteiger charge is 1.77. The number of imidazole rings is 1. The van der Waals surface area contributed by atoms with Crippen LogP contribution in [0.15, 0.2) is 12.4 Å². The standard InChI is InChI=1S/C3H3ClN2.Mg.2H/c4-3-5-1-2-6-3;;;/h1-2H,(H,5,6);;;. The summed E-state index contributed by atoms with van der Waals surface area (Å²) in [5.41, 5.74) is 0. The molecule has 1 heterocycles. The third-order valence-corrected chi connectivity index (χ3v) is 0.672. The summed E-state index contributed by atoms with van der Waals surface area (Å²) < 4.78 is 0. The lowest BCUT2D eigenvalue weighted by Crippen LogP contribution is -1.56. The molecule has 1 aromatic heterocycles. The Bertz CT molecular complexity index is 116. The molecule has 36 valence electrons. The van der Waals surface area contributed by atoms with Crippen LogP contribution in [0.25, 0.3) is 0 Å². The molecular weight excluding hydrogens is 124 g/mol. The topological polar surface area (TPSA) is 28.7 Å². The molecule has 0 atom stereocenters. The van der Waals surface area contributed by atoms with Crippen molar-refractivity contribution in [3.63, 3.8) is 0 Å². The van der Waals surface area contributed by atoms with Gasteiger partial charge in [0.1, 0.15) is 0 Å². The van der Waals surface area contributed by atoms with Crippen LogP contribution in [0.5, 0.6) is 0 Å². The van der Waals surface area contributed by atoms with Gasteiger partial charge in [-0.05, 0) is 11.6 Å². The van der Waals surface area contributed by atoms with Crippen molar-refractivity contribution in [3.05, 3.63) is 17.7 Å². The maximum Gasteiger partial charge on any atom is 0.316 e. The Kier molecular flexibility index (Phi) is 3.42. The van der Waals surface area contributed by atoms with E-state index in [4.69, 9.17) is 11.6 Å². The Morgan fingerprint density at radius 3 is 2.57 bits per heavy atom. The summed E-state index contributed by atoms with van der Waals surface area (Å²) in [6.45, 7) is 0. The first-order valence-electron chi connectivity index (χ1n) is 1.54. The van der Waals surface area contributed by atoms with Crippen LogP contribution in [0.2, 0.25) is 5.28 Å². The van der Waals surface area contributed by atoms with Crippen LogP contribution in [-0.2, 0) is 0 Å². The predicted octanol–water partition coefficient (Wildman–Crippen LogP) is 0.147. The van der Waals surface area contributed by atoms with Gasteiger partial charge in [0, 0.05) is 12.4 Å². The molecule has 0 spiro atoms. The molecule has 7 heavy (non-hydrogen) atoms. The van der Waals surface area contributed by atoms with Crippen molar-refractivity contribution in [1.29, 1.82) is 0 Å². The van der Waals surface area contributed by atoms with Crippen LogP contribution in [0.4, 0.5) is 0 Å². The van der Waals surface area contributed by atoms with Gasteiger partial charge in [-0.2, -0.15) is 0 Å². The number of nitrogens with zero attached hydrogens (tertiary/aromatic N) is 1. The van der Waals surface area contributed by atoms with E-state index in [0.717, 1.165) is 0 Å². The number of H-pyrrole nitrogens is 1. The number of rotatable bonds is 0. The van der Waals surface area contributed by atoms with Crippen LogP contribution >= 0.6 is 11.6 Å². The molecule has 0 amide bonds.